The number of sulfone groups is 1. The topological polar surface area (TPSA) is 55.4 Å². The maximum absolute atomic E-state index is 11.5. The molecule has 0 bridgehead atoms. The number of ether oxygens (including phenoxy) is 1. The molecule has 0 aromatic heterocycles. The molecule has 0 saturated carbocycles. The van der Waals surface area contributed by atoms with Crippen molar-refractivity contribution in [3.05, 3.63) is 26.6 Å². The van der Waals surface area contributed by atoms with Crippen molar-refractivity contribution in [1.29, 1.82) is 0 Å². The minimum atomic E-state index is -2.93. The molecule has 2 rings (SSSR count). The summed E-state index contributed by atoms with van der Waals surface area (Å²) in [5.74, 6) is 0.994. The average molecular weight is 441 g/mol. The van der Waals surface area contributed by atoms with Crippen molar-refractivity contribution in [3.63, 3.8) is 0 Å². The molecule has 1 N–H and O–H groups in total. The third-order valence-electron chi connectivity index (χ3n) is 3.29. The van der Waals surface area contributed by atoms with Crippen LogP contribution < -0.4 is 10.1 Å². The third kappa shape index (κ3) is 4.94. The second kappa shape index (κ2) is 7.44. The second-order valence-corrected chi connectivity index (χ2v) is 9.15. The Morgan fingerprint density at radius 1 is 1.33 bits per heavy atom. The van der Waals surface area contributed by atoms with E-state index < -0.39 is 9.84 Å². The largest absolute Gasteiger partial charge is 0.487 e. The Morgan fingerprint density at radius 3 is 2.52 bits per heavy atom. The van der Waals surface area contributed by atoms with Gasteiger partial charge < -0.3 is 10.1 Å². The van der Waals surface area contributed by atoms with Crippen LogP contribution in [-0.4, -0.2) is 32.6 Å². The van der Waals surface area contributed by atoms with E-state index in [4.69, 9.17) is 4.74 Å². The van der Waals surface area contributed by atoms with Gasteiger partial charge in [0.1, 0.15) is 11.9 Å². The Labute approximate surface area is 142 Å². The highest BCUT2D eigenvalue weighted by molar-refractivity contribution is 9.11. The fraction of sp³-hybridized carbons (Fsp3) is 0.571. The smallest absolute Gasteiger partial charge is 0.154 e. The Hall–Kier alpha value is -0.110. The van der Waals surface area contributed by atoms with Gasteiger partial charge in [-0.05, 0) is 68.9 Å². The molecular formula is C14H19Br2NO3S. The van der Waals surface area contributed by atoms with Gasteiger partial charge in [0.15, 0.2) is 9.84 Å². The summed E-state index contributed by atoms with van der Waals surface area (Å²) in [5, 5.41) is 3.35. The van der Waals surface area contributed by atoms with Crippen molar-refractivity contribution in [3.8, 4) is 5.75 Å². The highest BCUT2D eigenvalue weighted by Gasteiger charge is 2.30. The molecule has 21 heavy (non-hydrogen) atoms. The molecule has 1 heterocycles. The first-order valence-corrected chi connectivity index (χ1v) is 10.4. The summed E-state index contributed by atoms with van der Waals surface area (Å²) in [7, 11) is -2.93. The fourth-order valence-electron chi connectivity index (χ4n) is 2.26. The van der Waals surface area contributed by atoms with Crippen LogP contribution in [0.4, 0.5) is 0 Å². The normalized spacial score (nSPS) is 20.6. The molecule has 1 saturated heterocycles. The zero-order valence-electron chi connectivity index (χ0n) is 11.9. The van der Waals surface area contributed by atoms with Gasteiger partial charge in [-0.2, -0.15) is 0 Å². The molecule has 0 spiro atoms. The van der Waals surface area contributed by atoms with E-state index in [1.807, 2.05) is 12.1 Å². The van der Waals surface area contributed by atoms with Gasteiger partial charge in [0.05, 0.1) is 20.5 Å². The molecule has 1 aromatic carbocycles. The number of nitrogens with one attached hydrogen (secondary N) is 1. The van der Waals surface area contributed by atoms with Gasteiger partial charge in [-0.25, -0.2) is 8.42 Å². The van der Waals surface area contributed by atoms with Crippen molar-refractivity contribution in [2.24, 2.45) is 0 Å². The van der Waals surface area contributed by atoms with Gasteiger partial charge in [-0.1, -0.05) is 6.92 Å². The van der Waals surface area contributed by atoms with Crippen molar-refractivity contribution in [2.75, 3.05) is 18.1 Å². The molecule has 0 aliphatic carbocycles. The first-order valence-electron chi connectivity index (χ1n) is 6.97. The predicted octanol–water partition coefficient (Wildman–Crippen LogP) is 3.28. The molecule has 4 nitrogen and oxygen atoms in total. The molecule has 1 aromatic rings. The van der Waals surface area contributed by atoms with Crippen LogP contribution in [0.1, 0.15) is 25.3 Å². The second-order valence-electron chi connectivity index (χ2n) is 5.21. The molecule has 1 aliphatic heterocycles. The summed E-state index contributed by atoms with van der Waals surface area (Å²) < 4.78 is 30.5. The van der Waals surface area contributed by atoms with Crippen molar-refractivity contribution in [2.45, 2.75) is 32.4 Å². The Morgan fingerprint density at radius 2 is 2.00 bits per heavy atom. The Balaban J connectivity index is 2.07. The molecular weight excluding hydrogens is 422 g/mol. The maximum atomic E-state index is 11.5. The minimum Gasteiger partial charge on any atom is -0.487 e. The SMILES string of the molecule is CCCNCc1cc(Br)c(OC2CCS(=O)(=O)C2)c(Br)c1. The molecule has 0 radical (unpaired) electrons. The van der Waals surface area contributed by atoms with Crippen LogP contribution in [0.25, 0.3) is 0 Å². The predicted molar refractivity (Wildman–Crippen MR) is 91.5 cm³/mol. The monoisotopic (exact) mass is 439 g/mol. The van der Waals surface area contributed by atoms with E-state index >= 15 is 0 Å². The van der Waals surface area contributed by atoms with Gasteiger partial charge in [0.2, 0.25) is 0 Å². The zero-order chi connectivity index (χ0) is 15.5. The lowest BCUT2D eigenvalue weighted by Gasteiger charge is -2.16. The van der Waals surface area contributed by atoms with Crippen LogP contribution in [0.5, 0.6) is 5.75 Å². The molecule has 1 fully saturated rings. The van der Waals surface area contributed by atoms with E-state index in [1.165, 1.54) is 0 Å². The number of rotatable bonds is 6. The van der Waals surface area contributed by atoms with E-state index in [9.17, 15) is 8.42 Å². The summed E-state index contributed by atoms with van der Waals surface area (Å²) in [4.78, 5) is 0. The lowest BCUT2D eigenvalue weighted by molar-refractivity contribution is 0.226. The molecule has 1 unspecified atom stereocenters. The van der Waals surface area contributed by atoms with Crippen LogP contribution in [0.3, 0.4) is 0 Å². The van der Waals surface area contributed by atoms with Gasteiger partial charge in [-0.15, -0.1) is 0 Å². The standard InChI is InChI=1S/C14H19Br2NO3S/c1-2-4-17-8-10-6-12(15)14(13(16)7-10)20-11-3-5-21(18,19)9-11/h6-7,11,17H,2-5,8-9H2,1H3. The molecule has 1 atom stereocenters. The van der Waals surface area contributed by atoms with E-state index in [0.717, 1.165) is 34.0 Å². The summed E-state index contributed by atoms with van der Waals surface area (Å²) in [5.41, 5.74) is 1.15. The number of hydrogen-bond donors (Lipinski definition) is 1. The highest BCUT2D eigenvalue weighted by atomic mass is 79.9. The molecule has 118 valence electrons. The summed E-state index contributed by atoms with van der Waals surface area (Å²) in [6, 6.07) is 4.01. The van der Waals surface area contributed by atoms with E-state index in [-0.39, 0.29) is 17.6 Å². The van der Waals surface area contributed by atoms with Crippen LogP contribution in [0.15, 0.2) is 21.1 Å². The molecule has 1 aliphatic rings. The van der Waals surface area contributed by atoms with Gasteiger partial charge in [0.25, 0.3) is 0 Å². The first kappa shape index (κ1) is 17.2. The van der Waals surface area contributed by atoms with Crippen molar-refractivity contribution >= 4 is 41.7 Å². The van der Waals surface area contributed by atoms with Gasteiger partial charge >= 0.3 is 0 Å². The quantitative estimate of drug-likeness (QED) is 0.689. The molecule has 7 heteroatoms. The lowest BCUT2D eigenvalue weighted by Crippen LogP contribution is -2.18. The van der Waals surface area contributed by atoms with Crippen molar-refractivity contribution < 1.29 is 13.2 Å². The van der Waals surface area contributed by atoms with Gasteiger partial charge in [0, 0.05) is 6.54 Å². The van der Waals surface area contributed by atoms with Gasteiger partial charge in [-0.3, -0.25) is 0 Å². The highest BCUT2D eigenvalue weighted by Crippen LogP contribution is 2.36. The summed E-state index contributed by atoms with van der Waals surface area (Å²) >= 11 is 7.02. The third-order valence-corrected chi connectivity index (χ3v) is 6.20. The van der Waals surface area contributed by atoms with Crippen LogP contribution >= 0.6 is 31.9 Å². The maximum Gasteiger partial charge on any atom is 0.154 e. The van der Waals surface area contributed by atoms with E-state index in [0.29, 0.717) is 12.2 Å². The molecule has 0 amide bonds. The lowest BCUT2D eigenvalue weighted by atomic mass is 10.2. The number of benzene rings is 1. The van der Waals surface area contributed by atoms with Crippen LogP contribution in [-0.2, 0) is 16.4 Å². The number of hydrogen-bond acceptors (Lipinski definition) is 4. The first-order chi connectivity index (χ1) is 9.91. The minimum absolute atomic E-state index is 0.103. The summed E-state index contributed by atoms with van der Waals surface area (Å²) in [6.45, 7) is 3.90. The Kier molecular flexibility index (Phi) is 6.11. The van der Waals surface area contributed by atoms with E-state index in [2.05, 4.69) is 44.1 Å². The average Bonchev–Trinajstić information content (AvgIpc) is 2.74. The summed E-state index contributed by atoms with van der Waals surface area (Å²) in [6.07, 6.45) is 1.40. The van der Waals surface area contributed by atoms with E-state index in [1.54, 1.807) is 0 Å². The van der Waals surface area contributed by atoms with Crippen molar-refractivity contribution in [1.82, 2.24) is 5.32 Å². The zero-order valence-corrected chi connectivity index (χ0v) is 15.9. The number of halogens is 2. The van der Waals surface area contributed by atoms with Crippen LogP contribution in [0.2, 0.25) is 0 Å². The fourth-order valence-corrected chi connectivity index (χ4v) is 5.32. The van der Waals surface area contributed by atoms with Crippen LogP contribution in [0, 0.1) is 0 Å². The Bertz CT molecular complexity index is 581.